The summed E-state index contributed by atoms with van der Waals surface area (Å²) in [5.74, 6) is 0.851. The Labute approximate surface area is 172 Å². The first kappa shape index (κ1) is 22.2. The molecule has 1 N–H and O–H groups in total. The minimum Gasteiger partial charge on any atom is -0.497 e. The van der Waals surface area contributed by atoms with Crippen LogP contribution in [0, 0.1) is 5.92 Å². The van der Waals surface area contributed by atoms with Crippen LogP contribution in [0.3, 0.4) is 0 Å². The van der Waals surface area contributed by atoms with Crippen LogP contribution < -0.4 is 9.47 Å². The third-order valence-corrected chi connectivity index (χ3v) is 5.55. The van der Waals surface area contributed by atoms with E-state index in [0.29, 0.717) is 24.3 Å². The molecule has 3 rings (SSSR count). The molecule has 0 bridgehead atoms. The number of nitrogens with zero attached hydrogens (tertiary/aromatic N) is 1. The molecule has 0 spiro atoms. The number of carbonyl (C=O) groups excluding carboxylic acids is 1. The first-order valence-electron chi connectivity index (χ1n) is 9.29. The average molecular weight is 406 g/mol. The fourth-order valence-corrected chi connectivity index (χ4v) is 3.77. The molecule has 1 saturated heterocycles. The van der Waals surface area contributed by atoms with Crippen molar-refractivity contribution in [2.24, 2.45) is 5.92 Å². The number of Topliss-reactive ketones (excluding diaryl/α,β-unsaturated/α-hetero) is 1. The zero-order valence-corrected chi connectivity index (χ0v) is 17.4. The van der Waals surface area contributed by atoms with Crippen molar-refractivity contribution < 1.29 is 19.4 Å². The minimum absolute atomic E-state index is 0. The van der Waals surface area contributed by atoms with Gasteiger partial charge in [-0.05, 0) is 54.9 Å². The van der Waals surface area contributed by atoms with E-state index in [1.165, 1.54) is 0 Å². The summed E-state index contributed by atoms with van der Waals surface area (Å²) in [5.41, 5.74) is 0.145. The molecule has 0 amide bonds. The minimum atomic E-state index is -1.20. The van der Waals surface area contributed by atoms with E-state index in [1.807, 2.05) is 24.3 Å². The Kier molecular flexibility index (Phi) is 7.47. The van der Waals surface area contributed by atoms with E-state index in [2.05, 4.69) is 11.8 Å². The molecule has 0 unspecified atom stereocenters. The number of hydrogen-bond donors (Lipinski definition) is 1. The predicted molar refractivity (Wildman–Crippen MR) is 112 cm³/mol. The second-order valence-corrected chi connectivity index (χ2v) is 6.94. The Morgan fingerprint density at radius 2 is 1.61 bits per heavy atom. The van der Waals surface area contributed by atoms with Gasteiger partial charge in [-0.3, -0.25) is 4.79 Å². The Morgan fingerprint density at radius 1 is 1.07 bits per heavy atom. The summed E-state index contributed by atoms with van der Waals surface area (Å²) in [6.07, 6.45) is 0.514. The number of ketones is 1. The van der Waals surface area contributed by atoms with Crippen LogP contribution in [0.5, 0.6) is 11.5 Å². The van der Waals surface area contributed by atoms with Crippen LogP contribution in [0.2, 0.25) is 0 Å². The first-order chi connectivity index (χ1) is 13.0. The van der Waals surface area contributed by atoms with Crippen molar-refractivity contribution in [3.05, 3.63) is 59.7 Å². The van der Waals surface area contributed by atoms with Gasteiger partial charge in [0.1, 0.15) is 17.1 Å². The van der Waals surface area contributed by atoms with Gasteiger partial charge in [-0.25, -0.2) is 0 Å². The molecule has 2 aromatic carbocycles. The lowest BCUT2D eigenvalue weighted by atomic mass is 9.72. The van der Waals surface area contributed by atoms with E-state index in [1.54, 1.807) is 38.5 Å². The summed E-state index contributed by atoms with van der Waals surface area (Å²) < 4.78 is 10.4. The van der Waals surface area contributed by atoms with Crippen LogP contribution in [-0.4, -0.2) is 49.6 Å². The third kappa shape index (κ3) is 4.32. The highest BCUT2D eigenvalue weighted by Gasteiger charge is 2.46. The van der Waals surface area contributed by atoms with Gasteiger partial charge in [0, 0.05) is 18.7 Å². The van der Waals surface area contributed by atoms with Gasteiger partial charge in [0.05, 0.1) is 20.1 Å². The monoisotopic (exact) mass is 405 g/mol. The van der Waals surface area contributed by atoms with Crippen molar-refractivity contribution in [2.75, 3.05) is 33.9 Å². The second-order valence-electron chi connectivity index (χ2n) is 6.94. The molecular weight excluding hydrogens is 378 g/mol. The second kappa shape index (κ2) is 9.41. The molecule has 6 heteroatoms. The van der Waals surface area contributed by atoms with Crippen molar-refractivity contribution in [1.82, 2.24) is 4.90 Å². The fourth-order valence-electron chi connectivity index (χ4n) is 3.77. The molecule has 1 heterocycles. The smallest absolute Gasteiger partial charge is 0.170 e. The molecule has 0 aromatic heterocycles. The van der Waals surface area contributed by atoms with Crippen molar-refractivity contribution in [3.63, 3.8) is 0 Å². The molecule has 0 aliphatic carbocycles. The maximum atomic E-state index is 13.3. The number of piperidine rings is 1. The zero-order chi connectivity index (χ0) is 19.4. The van der Waals surface area contributed by atoms with Crippen LogP contribution >= 0.6 is 12.4 Å². The Morgan fingerprint density at radius 3 is 2.11 bits per heavy atom. The largest absolute Gasteiger partial charge is 0.497 e. The van der Waals surface area contributed by atoms with E-state index < -0.39 is 11.5 Å². The van der Waals surface area contributed by atoms with Gasteiger partial charge in [0.25, 0.3) is 0 Å². The summed E-state index contributed by atoms with van der Waals surface area (Å²) in [6, 6.07) is 14.5. The number of halogens is 1. The molecule has 1 aliphatic heterocycles. The molecule has 152 valence electrons. The van der Waals surface area contributed by atoms with Crippen molar-refractivity contribution in [1.29, 1.82) is 0 Å². The van der Waals surface area contributed by atoms with Gasteiger partial charge in [-0.15, -0.1) is 12.4 Å². The van der Waals surface area contributed by atoms with E-state index >= 15 is 0 Å². The molecule has 1 aliphatic rings. The van der Waals surface area contributed by atoms with Gasteiger partial charge >= 0.3 is 0 Å². The Balaban J connectivity index is 0.00000280. The number of carbonyl (C=O) groups is 1. The van der Waals surface area contributed by atoms with Crippen molar-refractivity contribution >= 4 is 18.2 Å². The van der Waals surface area contributed by atoms with E-state index in [9.17, 15) is 9.90 Å². The van der Waals surface area contributed by atoms with Gasteiger partial charge in [0.2, 0.25) is 0 Å². The number of benzene rings is 2. The maximum Gasteiger partial charge on any atom is 0.170 e. The topological polar surface area (TPSA) is 59.0 Å². The molecule has 28 heavy (non-hydrogen) atoms. The normalized spacial score (nSPS) is 22.2. The summed E-state index contributed by atoms with van der Waals surface area (Å²) in [6.45, 7) is 4.22. The molecule has 1 fully saturated rings. The van der Waals surface area contributed by atoms with Crippen LogP contribution in [0.15, 0.2) is 48.5 Å². The maximum absolute atomic E-state index is 13.3. The number of hydrogen-bond acceptors (Lipinski definition) is 5. The van der Waals surface area contributed by atoms with Crippen molar-refractivity contribution in [2.45, 2.75) is 18.9 Å². The van der Waals surface area contributed by atoms with Crippen LogP contribution in [0.25, 0.3) is 0 Å². The molecule has 5 nitrogen and oxygen atoms in total. The van der Waals surface area contributed by atoms with Crippen molar-refractivity contribution in [3.8, 4) is 11.5 Å². The molecular formula is C22H28ClNO4. The number of methoxy groups -OCH3 is 2. The molecule has 0 radical (unpaired) electrons. The fraction of sp³-hybridized carbons (Fsp3) is 0.409. The van der Waals surface area contributed by atoms with E-state index in [4.69, 9.17) is 9.47 Å². The van der Waals surface area contributed by atoms with Gasteiger partial charge < -0.3 is 19.5 Å². The zero-order valence-electron chi connectivity index (χ0n) is 16.6. The molecule has 2 aromatic rings. The van der Waals surface area contributed by atoms with Gasteiger partial charge in [-0.2, -0.15) is 0 Å². The Hall–Kier alpha value is -2.08. The van der Waals surface area contributed by atoms with E-state index in [0.717, 1.165) is 24.4 Å². The van der Waals surface area contributed by atoms with Crippen LogP contribution in [0.1, 0.15) is 29.3 Å². The SMILES string of the molecule is CCN1CC[C@@](O)(c2ccc(OC)cc2)[C@H](C(=O)c2ccc(OC)cc2)C1.Cl. The van der Waals surface area contributed by atoms with Gasteiger partial charge in [0.15, 0.2) is 5.78 Å². The molecule has 0 saturated carbocycles. The highest BCUT2D eigenvalue weighted by atomic mass is 35.5. The highest BCUT2D eigenvalue weighted by Crippen LogP contribution is 2.40. The van der Waals surface area contributed by atoms with Gasteiger partial charge in [-0.1, -0.05) is 19.1 Å². The van der Waals surface area contributed by atoms with Crippen LogP contribution in [0.4, 0.5) is 0 Å². The quantitative estimate of drug-likeness (QED) is 0.745. The summed E-state index contributed by atoms with van der Waals surface area (Å²) in [4.78, 5) is 15.5. The number of aliphatic hydroxyl groups is 1. The lowest BCUT2D eigenvalue weighted by Gasteiger charge is -2.44. The number of rotatable bonds is 6. The van der Waals surface area contributed by atoms with Crippen LogP contribution in [-0.2, 0) is 5.60 Å². The number of likely N-dealkylation sites (tertiary alicyclic amines) is 1. The average Bonchev–Trinajstić information content (AvgIpc) is 2.73. The standard InChI is InChI=1S/C22H27NO4.ClH/c1-4-23-14-13-22(25,17-7-11-19(27-3)12-8-17)20(15-23)21(24)16-5-9-18(26-2)10-6-16;/h5-12,20,25H,4,13-15H2,1-3H3;1H/t20-,22+;/m0./s1. The third-order valence-electron chi connectivity index (χ3n) is 5.55. The summed E-state index contributed by atoms with van der Waals surface area (Å²) in [5, 5.41) is 11.6. The first-order valence-corrected chi connectivity index (χ1v) is 9.29. The predicted octanol–water partition coefficient (Wildman–Crippen LogP) is 3.54. The highest BCUT2D eigenvalue weighted by molar-refractivity contribution is 5.99. The summed E-state index contributed by atoms with van der Waals surface area (Å²) in [7, 11) is 3.21. The Bertz CT molecular complexity index is 778. The lowest BCUT2D eigenvalue weighted by molar-refractivity contribution is -0.0632. The molecule has 2 atom stereocenters. The summed E-state index contributed by atoms with van der Waals surface area (Å²) >= 11 is 0. The lowest BCUT2D eigenvalue weighted by Crippen LogP contribution is -2.53. The van der Waals surface area contributed by atoms with E-state index in [-0.39, 0.29) is 18.2 Å². The number of ether oxygens (including phenoxy) is 2.